The number of hydrogen-bond donors (Lipinski definition) is 0. The lowest BCUT2D eigenvalue weighted by molar-refractivity contribution is -0.172. The van der Waals surface area contributed by atoms with Crippen molar-refractivity contribution in [3.8, 4) is 0 Å². The van der Waals surface area contributed by atoms with E-state index in [1.807, 2.05) is 0 Å². The Morgan fingerprint density at radius 1 is 0.775 bits per heavy atom. The maximum atomic E-state index is 12.4. The number of rotatable bonds is 10. The Bertz CT molecular complexity index is 1110. The number of fused-ring (bicyclic) bond motifs is 4. The Hall–Kier alpha value is -1.32. The predicted molar refractivity (Wildman–Crippen MR) is 156 cm³/mol. The second-order valence-corrected chi connectivity index (χ2v) is 14.6. The number of nitrogens with zero attached hydrogens (tertiary/aromatic N) is 6. The van der Waals surface area contributed by atoms with E-state index in [0.717, 1.165) is 47.6 Å². The Kier molecular flexibility index (Phi) is 9.29. The molecule has 0 radical (unpaired) electrons. The minimum absolute atomic E-state index is 0.433. The molecule has 4 bridgehead atoms. The van der Waals surface area contributed by atoms with Crippen molar-refractivity contribution in [2.24, 2.45) is 11.8 Å². The van der Waals surface area contributed by atoms with Gasteiger partial charge in [-0.1, -0.05) is 23.5 Å². The number of thioether (sulfide) groups is 2. The summed E-state index contributed by atoms with van der Waals surface area (Å²) in [5.41, 5.74) is 2.17. The number of esters is 2. The average molecular weight is 625 g/mol. The van der Waals surface area contributed by atoms with Crippen molar-refractivity contribution in [3.63, 3.8) is 0 Å². The molecule has 2 aromatic rings. The quantitative estimate of drug-likeness (QED) is 0.218. The third-order valence-corrected chi connectivity index (χ3v) is 12.2. The van der Waals surface area contributed by atoms with Gasteiger partial charge in [-0.05, 0) is 64.5 Å². The number of ether oxygens (including phenoxy) is 2. The minimum Gasteiger partial charge on any atom is -0.453 e. The molecule has 0 amide bonds. The van der Waals surface area contributed by atoms with Gasteiger partial charge in [-0.3, -0.25) is 0 Å². The molecule has 0 saturated carbocycles. The van der Waals surface area contributed by atoms with Crippen LogP contribution in [0.25, 0.3) is 0 Å². The number of carbonyl (C=O) groups excluding carboxylic acids is 2. The molecule has 8 unspecified atom stereocenters. The fraction of sp³-hybridized carbons (Fsp3) is 0.769. The zero-order chi connectivity index (χ0) is 27.6. The van der Waals surface area contributed by atoms with Gasteiger partial charge >= 0.3 is 11.9 Å². The second kappa shape index (κ2) is 12.9. The highest BCUT2D eigenvalue weighted by Crippen LogP contribution is 2.42. The van der Waals surface area contributed by atoms with Gasteiger partial charge < -0.3 is 19.3 Å². The van der Waals surface area contributed by atoms with E-state index in [4.69, 9.17) is 9.47 Å². The first kappa shape index (κ1) is 28.8. The molecule has 218 valence electrons. The summed E-state index contributed by atoms with van der Waals surface area (Å²) in [6, 6.07) is 0. The first-order chi connectivity index (χ1) is 19.4. The van der Waals surface area contributed by atoms with Crippen LogP contribution in [0.3, 0.4) is 0 Å². The molecule has 10 nitrogen and oxygen atoms in total. The second-order valence-electron chi connectivity index (χ2n) is 11.5. The summed E-state index contributed by atoms with van der Waals surface area (Å²) >= 11 is 5.58. The molecule has 6 rings (SSSR count). The molecule has 2 aromatic heterocycles. The van der Waals surface area contributed by atoms with Crippen LogP contribution in [0.15, 0.2) is 10.1 Å². The van der Waals surface area contributed by atoms with E-state index in [9.17, 15) is 9.59 Å². The molecule has 14 heteroatoms. The Labute approximate surface area is 252 Å². The average Bonchev–Trinajstić information content (AvgIpc) is 3.72. The van der Waals surface area contributed by atoms with Crippen LogP contribution in [0.1, 0.15) is 62.8 Å². The summed E-state index contributed by atoms with van der Waals surface area (Å²) in [6.45, 7) is 10.3. The molecule has 0 aliphatic carbocycles. The lowest BCUT2D eigenvalue weighted by Gasteiger charge is -2.21. The molecule has 8 atom stereocenters. The third kappa shape index (κ3) is 6.51. The smallest absolute Gasteiger partial charge is 0.417 e. The molecule has 0 spiro atoms. The highest BCUT2D eigenvalue weighted by Gasteiger charge is 2.40. The van der Waals surface area contributed by atoms with E-state index >= 15 is 0 Å². The maximum Gasteiger partial charge on any atom is 0.417 e. The summed E-state index contributed by atoms with van der Waals surface area (Å²) in [6.07, 6.45) is 4.09. The fourth-order valence-electron chi connectivity index (χ4n) is 6.60. The molecular formula is C26H36N6O4S4. The predicted octanol–water partition coefficient (Wildman–Crippen LogP) is 3.76. The van der Waals surface area contributed by atoms with Gasteiger partial charge in [-0.15, -0.1) is 0 Å². The number of piperidine rings is 2. The van der Waals surface area contributed by atoms with E-state index in [1.165, 1.54) is 62.2 Å². The van der Waals surface area contributed by atoms with Crippen molar-refractivity contribution < 1.29 is 19.1 Å². The normalized spacial score (nSPS) is 30.6. The van der Waals surface area contributed by atoms with Crippen LogP contribution < -0.4 is 0 Å². The summed E-state index contributed by atoms with van der Waals surface area (Å²) in [7, 11) is 0. The lowest BCUT2D eigenvalue weighted by Crippen LogP contribution is -2.29. The van der Waals surface area contributed by atoms with Crippen LogP contribution in [0.4, 0.5) is 0 Å². The van der Waals surface area contributed by atoms with Crippen LogP contribution in [0.5, 0.6) is 0 Å². The zero-order valence-electron chi connectivity index (χ0n) is 22.9. The largest absolute Gasteiger partial charge is 0.453 e. The number of hydrogen-bond acceptors (Lipinski definition) is 14. The monoisotopic (exact) mass is 624 g/mol. The SMILES string of the molecule is CC(CSc1nsnc1C1CN2CCCC1C2)OC(=O)C(=O)OC(C)CSc1nsnc1C1CN2CCCC1C2. The van der Waals surface area contributed by atoms with Crippen LogP contribution in [0.2, 0.25) is 0 Å². The molecule has 0 aromatic carbocycles. The van der Waals surface area contributed by atoms with Gasteiger partial charge in [0.25, 0.3) is 0 Å². The van der Waals surface area contributed by atoms with Crippen molar-refractivity contribution in [3.05, 3.63) is 11.4 Å². The van der Waals surface area contributed by atoms with E-state index in [0.29, 0.717) is 35.2 Å². The fourth-order valence-corrected chi connectivity index (χ4v) is 9.98. The first-order valence-corrected chi connectivity index (χ1v) is 17.6. The first-order valence-electron chi connectivity index (χ1n) is 14.2. The van der Waals surface area contributed by atoms with Crippen molar-refractivity contribution in [1.82, 2.24) is 27.3 Å². The van der Waals surface area contributed by atoms with Crippen LogP contribution >= 0.6 is 47.0 Å². The van der Waals surface area contributed by atoms with Crippen LogP contribution in [-0.2, 0) is 19.1 Å². The summed E-state index contributed by atoms with van der Waals surface area (Å²) in [5.74, 6) is 1.27. The van der Waals surface area contributed by atoms with Crippen molar-refractivity contribution in [1.29, 1.82) is 0 Å². The summed E-state index contributed by atoms with van der Waals surface area (Å²) in [5, 5.41) is 1.85. The van der Waals surface area contributed by atoms with Gasteiger partial charge in [0.15, 0.2) is 0 Å². The van der Waals surface area contributed by atoms with Gasteiger partial charge in [0.1, 0.15) is 22.3 Å². The molecule has 4 fully saturated rings. The molecule has 6 heterocycles. The maximum absolute atomic E-state index is 12.4. The van der Waals surface area contributed by atoms with Crippen molar-refractivity contribution in [2.45, 2.75) is 73.6 Å². The molecule has 4 aliphatic heterocycles. The van der Waals surface area contributed by atoms with E-state index < -0.39 is 24.1 Å². The Morgan fingerprint density at radius 2 is 1.23 bits per heavy atom. The van der Waals surface area contributed by atoms with E-state index in [2.05, 4.69) is 27.3 Å². The summed E-state index contributed by atoms with van der Waals surface area (Å²) in [4.78, 5) is 29.9. The highest BCUT2D eigenvalue weighted by atomic mass is 32.2. The molecule has 4 aliphatic rings. The molecule has 40 heavy (non-hydrogen) atoms. The number of carbonyl (C=O) groups is 2. The molecular weight excluding hydrogens is 589 g/mol. The topological polar surface area (TPSA) is 111 Å². The van der Waals surface area contributed by atoms with Crippen LogP contribution in [-0.4, -0.2) is 102 Å². The zero-order valence-corrected chi connectivity index (χ0v) is 26.2. The standard InChI is InChI=1S/C26H36N6O4S4/c1-15(13-37-23-21(27-39-29-23)19-11-31-7-3-5-17(19)9-31)35-25(33)26(34)36-16(2)14-38-24-22(28-40-30-24)20-12-32-8-4-6-18(20)10-32/h15-20H,3-14H2,1-2H3. The highest BCUT2D eigenvalue weighted by molar-refractivity contribution is 7.99. The van der Waals surface area contributed by atoms with Gasteiger partial charge in [0, 0.05) is 49.5 Å². The number of aromatic nitrogens is 4. The van der Waals surface area contributed by atoms with Crippen molar-refractivity contribution in [2.75, 3.05) is 50.8 Å². The summed E-state index contributed by atoms with van der Waals surface area (Å²) < 4.78 is 29.1. The Morgan fingerprint density at radius 3 is 1.65 bits per heavy atom. The van der Waals surface area contributed by atoms with Gasteiger partial charge in [0.2, 0.25) is 0 Å². The Balaban J connectivity index is 0.936. The van der Waals surface area contributed by atoms with Crippen LogP contribution in [0, 0.1) is 11.8 Å². The minimum atomic E-state index is -0.956. The lowest BCUT2D eigenvalue weighted by atomic mass is 9.89. The van der Waals surface area contributed by atoms with Gasteiger partial charge in [-0.25, -0.2) is 9.59 Å². The molecule has 0 N–H and O–H groups in total. The van der Waals surface area contributed by atoms with Gasteiger partial charge in [0.05, 0.1) is 34.8 Å². The van der Waals surface area contributed by atoms with E-state index in [1.54, 1.807) is 37.4 Å². The van der Waals surface area contributed by atoms with Gasteiger partial charge in [-0.2, -0.15) is 17.5 Å². The third-order valence-electron chi connectivity index (χ3n) is 8.49. The molecule has 4 saturated heterocycles. The van der Waals surface area contributed by atoms with Crippen molar-refractivity contribution >= 4 is 58.9 Å². The van der Waals surface area contributed by atoms with E-state index in [-0.39, 0.29) is 0 Å².